The molecule has 1 heterocycles. The summed E-state index contributed by atoms with van der Waals surface area (Å²) in [6, 6.07) is 12.1. The van der Waals surface area contributed by atoms with Crippen molar-refractivity contribution < 1.29 is 18.0 Å². The predicted octanol–water partition coefficient (Wildman–Crippen LogP) is 6.35. The zero-order valence-electron chi connectivity index (χ0n) is 18.5. The Morgan fingerprint density at radius 2 is 1.79 bits per heavy atom. The zero-order valence-corrected chi connectivity index (χ0v) is 20.0. The van der Waals surface area contributed by atoms with Crippen molar-refractivity contribution in [2.24, 2.45) is 0 Å². The Morgan fingerprint density at radius 3 is 2.36 bits per heavy atom. The van der Waals surface area contributed by atoms with E-state index in [-0.39, 0.29) is 22.7 Å². The molecule has 8 heteroatoms. The van der Waals surface area contributed by atoms with Gasteiger partial charge in [-0.2, -0.15) is 13.2 Å². The summed E-state index contributed by atoms with van der Waals surface area (Å²) in [5.74, 6) is -0.560. The minimum absolute atomic E-state index is 0.0837. The lowest BCUT2D eigenvalue weighted by Crippen LogP contribution is -2.31. The first kappa shape index (κ1) is 24.8. The normalized spacial score (nSPS) is 12.5. The second kappa shape index (κ2) is 9.95. The van der Waals surface area contributed by atoms with Crippen LogP contribution in [0.4, 0.5) is 13.2 Å². The number of hydrogen-bond donors (Lipinski definition) is 1. The maximum atomic E-state index is 13.4. The minimum atomic E-state index is -4.55. The van der Waals surface area contributed by atoms with E-state index in [1.54, 1.807) is 13.8 Å². The average molecular weight is 521 g/mol. The predicted molar refractivity (Wildman–Crippen MR) is 126 cm³/mol. The molecule has 2 aromatic carbocycles. The maximum Gasteiger partial charge on any atom is 0.416 e. The highest BCUT2D eigenvalue weighted by molar-refractivity contribution is 9.10. The third kappa shape index (κ3) is 5.21. The number of amides is 1. The van der Waals surface area contributed by atoms with E-state index < -0.39 is 23.1 Å². The molecule has 4 nitrogen and oxygen atoms in total. The van der Waals surface area contributed by atoms with Crippen LogP contribution >= 0.6 is 15.9 Å². The third-order valence-corrected chi connectivity index (χ3v) is 6.06. The molecule has 1 aromatic heterocycles. The van der Waals surface area contributed by atoms with Gasteiger partial charge >= 0.3 is 6.18 Å². The summed E-state index contributed by atoms with van der Waals surface area (Å²) < 4.78 is 42.8. The fraction of sp³-hybridized carbons (Fsp3) is 0.280. The number of benzene rings is 2. The fourth-order valence-corrected chi connectivity index (χ4v) is 4.20. The van der Waals surface area contributed by atoms with Crippen LogP contribution in [0, 0.1) is 6.92 Å². The van der Waals surface area contributed by atoms with Gasteiger partial charge in [0.15, 0.2) is 0 Å². The van der Waals surface area contributed by atoms with E-state index in [9.17, 15) is 22.8 Å². The van der Waals surface area contributed by atoms with Crippen LogP contribution in [0.3, 0.4) is 0 Å². The van der Waals surface area contributed by atoms with E-state index in [1.807, 2.05) is 35.8 Å². The van der Waals surface area contributed by atoms with Crippen LogP contribution in [0.1, 0.15) is 53.5 Å². The highest BCUT2D eigenvalue weighted by atomic mass is 79.9. The van der Waals surface area contributed by atoms with Crippen molar-refractivity contribution in [3.63, 3.8) is 0 Å². The molecule has 0 aliphatic carbocycles. The van der Waals surface area contributed by atoms with Crippen LogP contribution in [0.5, 0.6) is 0 Å². The van der Waals surface area contributed by atoms with Gasteiger partial charge in [0.05, 0.1) is 11.6 Å². The monoisotopic (exact) mass is 520 g/mol. The molecule has 1 unspecified atom stereocenters. The van der Waals surface area contributed by atoms with Crippen molar-refractivity contribution in [1.29, 1.82) is 0 Å². The van der Waals surface area contributed by atoms with Crippen molar-refractivity contribution >= 4 is 21.8 Å². The summed E-state index contributed by atoms with van der Waals surface area (Å²) in [7, 11) is 0. The number of nitrogens with one attached hydrogen (secondary N) is 1. The van der Waals surface area contributed by atoms with Gasteiger partial charge in [0.25, 0.3) is 5.91 Å². The van der Waals surface area contributed by atoms with Crippen molar-refractivity contribution in [3.8, 4) is 11.1 Å². The smallest absolute Gasteiger partial charge is 0.352 e. The first-order chi connectivity index (χ1) is 15.6. The largest absolute Gasteiger partial charge is 0.416 e. The molecule has 174 valence electrons. The Labute approximate surface area is 198 Å². The summed E-state index contributed by atoms with van der Waals surface area (Å²) in [5, 5.41) is 2.63. The number of carbonyl (C=O) groups excluding carboxylic acids is 1. The quantitative estimate of drug-likeness (QED) is 0.411. The average Bonchev–Trinajstić information content (AvgIpc) is 2.76. The summed E-state index contributed by atoms with van der Waals surface area (Å²) in [4.78, 5) is 26.1. The van der Waals surface area contributed by atoms with Gasteiger partial charge in [0.1, 0.15) is 5.56 Å². The first-order valence-corrected chi connectivity index (χ1v) is 11.3. The number of aromatic nitrogens is 1. The summed E-state index contributed by atoms with van der Waals surface area (Å²) >= 11 is 3.42. The Balaban J connectivity index is 2.32. The van der Waals surface area contributed by atoms with Crippen molar-refractivity contribution in [2.45, 2.75) is 39.4 Å². The number of nitrogens with zero attached hydrogens (tertiary/aromatic N) is 1. The molecule has 0 radical (unpaired) electrons. The van der Waals surface area contributed by atoms with Crippen LogP contribution in [0.25, 0.3) is 11.1 Å². The molecule has 3 aromatic rings. The SMILES string of the molecule is CCNC(=O)c1cn(C(CC)c2ccc(Br)cc2)c(C)c(-c2cccc(C(F)(F)F)c2)c1=O. The second-order valence-electron chi connectivity index (χ2n) is 7.65. The molecular weight excluding hydrogens is 497 g/mol. The van der Waals surface area contributed by atoms with Gasteiger partial charge in [-0.05, 0) is 55.7 Å². The van der Waals surface area contributed by atoms with Gasteiger partial charge in [-0.25, -0.2) is 0 Å². The molecule has 1 N–H and O–H groups in total. The molecule has 0 aliphatic rings. The molecule has 1 amide bonds. The zero-order chi connectivity index (χ0) is 24.3. The molecule has 1 atom stereocenters. The Morgan fingerprint density at radius 1 is 1.12 bits per heavy atom. The highest BCUT2D eigenvalue weighted by Gasteiger charge is 2.31. The van der Waals surface area contributed by atoms with E-state index in [0.717, 1.165) is 22.2 Å². The van der Waals surface area contributed by atoms with Gasteiger partial charge in [-0.1, -0.05) is 47.1 Å². The van der Waals surface area contributed by atoms with Crippen LogP contribution < -0.4 is 10.7 Å². The molecule has 0 saturated heterocycles. The van der Waals surface area contributed by atoms with Gasteiger partial charge < -0.3 is 9.88 Å². The van der Waals surface area contributed by atoms with Gasteiger partial charge in [0.2, 0.25) is 5.43 Å². The van der Waals surface area contributed by atoms with Crippen LogP contribution in [0.15, 0.2) is 64.0 Å². The lowest BCUT2D eigenvalue weighted by Gasteiger charge is -2.25. The van der Waals surface area contributed by atoms with E-state index in [2.05, 4.69) is 21.2 Å². The first-order valence-electron chi connectivity index (χ1n) is 10.6. The van der Waals surface area contributed by atoms with Gasteiger partial charge in [-0.15, -0.1) is 0 Å². The second-order valence-corrected chi connectivity index (χ2v) is 8.57. The lowest BCUT2D eigenvalue weighted by molar-refractivity contribution is -0.137. The number of halogens is 4. The molecule has 0 saturated carbocycles. The Kier molecular flexibility index (Phi) is 7.47. The van der Waals surface area contributed by atoms with Gasteiger partial charge in [-0.3, -0.25) is 9.59 Å². The van der Waals surface area contributed by atoms with Crippen molar-refractivity contribution in [2.75, 3.05) is 6.54 Å². The number of pyridine rings is 1. The van der Waals surface area contributed by atoms with Crippen molar-refractivity contribution in [1.82, 2.24) is 9.88 Å². The van der Waals surface area contributed by atoms with Crippen molar-refractivity contribution in [3.05, 3.63) is 91.8 Å². The maximum absolute atomic E-state index is 13.4. The fourth-order valence-electron chi connectivity index (χ4n) is 3.93. The van der Waals surface area contributed by atoms with E-state index in [0.29, 0.717) is 18.7 Å². The molecule has 0 bridgehead atoms. The number of alkyl halides is 3. The Bertz CT molecular complexity index is 1220. The van der Waals surface area contributed by atoms with Crippen LogP contribution in [-0.4, -0.2) is 17.0 Å². The third-order valence-electron chi connectivity index (χ3n) is 5.53. The topological polar surface area (TPSA) is 51.1 Å². The van der Waals surface area contributed by atoms with E-state index in [1.165, 1.54) is 18.3 Å². The van der Waals surface area contributed by atoms with Gasteiger partial charge in [0, 0.05) is 28.5 Å². The standard InChI is InChI=1S/C25H24BrF3N2O2/c1-4-21(16-9-11-19(26)12-10-16)31-14-20(24(33)30-5-2)23(32)22(15(31)3)17-7-6-8-18(13-17)25(27,28)29/h6-14,21H,4-5H2,1-3H3,(H,30,33). The molecule has 33 heavy (non-hydrogen) atoms. The highest BCUT2D eigenvalue weighted by Crippen LogP contribution is 2.33. The summed E-state index contributed by atoms with van der Waals surface area (Å²) in [5.41, 5.74) is 0.0866. The summed E-state index contributed by atoms with van der Waals surface area (Å²) in [6.07, 6.45) is -2.40. The summed E-state index contributed by atoms with van der Waals surface area (Å²) in [6.45, 7) is 5.71. The number of carbonyl (C=O) groups is 1. The molecule has 0 fully saturated rings. The molecule has 0 spiro atoms. The van der Waals surface area contributed by atoms with E-state index in [4.69, 9.17) is 0 Å². The molecular formula is C25H24BrF3N2O2. The lowest BCUT2D eigenvalue weighted by atomic mass is 9.96. The molecule has 3 rings (SSSR count). The Hall–Kier alpha value is -2.87. The molecule has 0 aliphatic heterocycles. The number of rotatable bonds is 6. The minimum Gasteiger partial charge on any atom is -0.352 e. The van der Waals surface area contributed by atoms with E-state index >= 15 is 0 Å². The van der Waals surface area contributed by atoms with Crippen LogP contribution in [-0.2, 0) is 6.18 Å². The van der Waals surface area contributed by atoms with Crippen LogP contribution in [0.2, 0.25) is 0 Å². The number of hydrogen-bond acceptors (Lipinski definition) is 2.